The van der Waals surface area contributed by atoms with E-state index in [1.807, 2.05) is 0 Å². The Morgan fingerprint density at radius 1 is 1.44 bits per heavy atom. The van der Waals surface area contributed by atoms with E-state index < -0.39 is 24.0 Å². The first-order valence-electron chi connectivity index (χ1n) is 5.16. The van der Waals surface area contributed by atoms with Gasteiger partial charge in [0.1, 0.15) is 16.9 Å². The lowest BCUT2D eigenvalue weighted by molar-refractivity contribution is -0.141. The van der Waals surface area contributed by atoms with Gasteiger partial charge in [0.05, 0.1) is 11.1 Å². The summed E-state index contributed by atoms with van der Waals surface area (Å²) in [7, 11) is 0. The lowest BCUT2D eigenvalue weighted by Gasteiger charge is -2.20. The number of carboxylic acid groups (broad SMARTS) is 1. The average Bonchev–Trinajstić information content (AvgIpc) is 2.82. The predicted octanol–water partition coefficient (Wildman–Crippen LogP) is 0.981. The Balaban J connectivity index is 2.25. The number of carboxylic acids is 1. The summed E-state index contributed by atoms with van der Waals surface area (Å²) in [6.07, 6.45) is -0.820. The number of carbonyl (C=O) groups is 2. The number of likely N-dealkylation sites (tertiary alicyclic amines) is 1. The van der Waals surface area contributed by atoms with Gasteiger partial charge in [-0.05, 0) is 6.07 Å². The first-order valence-corrected chi connectivity index (χ1v) is 5.91. The van der Waals surface area contributed by atoms with Crippen molar-refractivity contribution in [2.45, 2.75) is 18.6 Å². The van der Waals surface area contributed by atoms with Gasteiger partial charge in [0, 0.05) is 13.0 Å². The van der Waals surface area contributed by atoms with E-state index in [0.717, 1.165) is 4.90 Å². The number of aliphatic hydroxyl groups excluding tert-OH is 1. The van der Waals surface area contributed by atoms with Gasteiger partial charge in [-0.25, -0.2) is 4.79 Å². The van der Waals surface area contributed by atoms with Gasteiger partial charge < -0.3 is 20.1 Å². The number of aliphatic carboxylic acids is 1. The Labute approximate surface area is 112 Å². The summed E-state index contributed by atoms with van der Waals surface area (Å²) >= 11 is 11.4. The first kappa shape index (κ1) is 13.2. The molecule has 1 aliphatic heterocycles. The molecule has 2 rings (SSSR count). The highest BCUT2D eigenvalue weighted by Gasteiger charge is 2.39. The SMILES string of the molecule is O=C(O)[C@H]1C[C@@H](O)CN1C(=O)c1cc(Cl)c(Cl)[nH]1. The van der Waals surface area contributed by atoms with Gasteiger partial charge in [0.15, 0.2) is 0 Å². The van der Waals surface area contributed by atoms with Crippen LogP contribution in [0.1, 0.15) is 16.9 Å². The summed E-state index contributed by atoms with van der Waals surface area (Å²) in [5, 5.41) is 18.7. The molecule has 8 heteroatoms. The first-order chi connectivity index (χ1) is 8.40. The van der Waals surface area contributed by atoms with Crippen LogP contribution in [-0.4, -0.2) is 50.7 Å². The van der Waals surface area contributed by atoms with E-state index in [0.29, 0.717) is 0 Å². The molecule has 1 fully saturated rings. The van der Waals surface area contributed by atoms with E-state index in [2.05, 4.69) is 4.98 Å². The largest absolute Gasteiger partial charge is 0.480 e. The normalized spacial score (nSPS) is 23.4. The molecule has 2 heterocycles. The number of β-amino-alcohol motifs (C(OH)–C–C–N with tert-alkyl or cyclic N) is 1. The van der Waals surface area contributed by atoms with Crippen LogP contribution in [0.5, 0.6) is 0 Å². The molecule has 98 valence electrons. The zero-order chi connectivity index (χ0) is 13.4. The monoisotopic (exact) mass is 292 g/mol. The minimum atomic E-state index is -1.15. The second-order valence-electron chi connectivity index (χ2n) is 4.05. The van der Waals surface area contributed by atoms with Crippen LogP contribution < -0.4 is 0 Å². The number of hydrogen-bond donors (Lipinski definition) is 3. The van der Waals surface area contributed by atoms with E-state index in [9.17, 15) is 14.7 Å². The van der Waals surface area contributed by atoms with Gasteiger partial charge in [-0.3, -0.25) is 4.79 Å². The third kappa shape index (κ3) is 2.31. The summed E-state index contributed by atoms with van der Waals surface area (Å²) in [6.45, 7) is -0.0238. The van der Waals surface area contributed by atoms with Gasteiger partial charge in [0.25, 0.3) is 5.91 Å². The van der Waals surface area contributed by atoms with Crippen LogP contribution >= 0.6 is 23.2 Å². The Morgan fingerprint density at radius 2 is 2.11 bits per heavy atom. The van der Waals surface area contributed by atoms with Crippen molar-refractivity contribution in [3.63, 3.8) is 0 Å². The molecular formula is C10H10Cl2N2O4. The molecular weight excluding hydrogens is 283 g/mol. The van der Waals surface area contributed by atoms with Gasteiger partial charge in [-0.1, -0.05) is 23.2 Å². The number of rotatable bonds is 2. The molecule has 0 radical (unpaired) electrons. The van der Waals surface area contributed by atoms with Crippen LogP contribution in [0.25, 0.3) is 0 Å². The number of amides is 1. The number of halogens is 2. The quantitative estimate of drug-likeness (QED) is 0.757. The summed E-state index contributed by atoms with van der Waals surface area (Å²) in [5.41, 5.74) is 0.102. The number of nitrogens with one attached hydrogen (secondary N) is 1. The molecule has 2 atom stereocenters. The molecule has 1 aromatic rings. The summed E-state index contributed by atoms with van der Waals surface area (Å²) in [6, 6.07) is 0.295. The predicted molar refractivity (Wildman–Crippen MR) is 63.9 cm³/mol. The van der Waals surface area contributed by atoms with Crippen LogP contribution in [-0.2, 0) is 4.79 Å². The van der Waals surface area contributed by atoms with Crippen molar-refractivity contribution in [3.05, 3.63) is 21.9 Å². The highest BCUT2D eigenvalue weighted by atomic mass is 35.5. The third-order valence-electron chi connectivity index (χ3n) is 2.78. The van der Waals surface area contributed by atoms with Crippen LogP contribution in [0.4, 0.5) is 0 Å². The number of carbonyl (C=O) groups excluding carboxylic acids is 1. The second-order valence-corrected chi connectivity index (χ2v) is 4.83. The van der Waals surface area contributed by atoms with Crippen molar-refractivity contribution in [2.75, 3.05) is 6.54 Å². The van der Waals surface area contributed by atoms with Crippen molar-refractivity contribution in [3.8, 4) is 0 Å². The van der Waals surface area contributed by atoms with Crippen LogP contribution in [0, 0.1) is 0 Å². The van der Waals surface area contributed by atoms with E-state index in [1.165, 1.54) is 6.07 Å². The fourth-order valence-electron chi connectivity index (χ4n) is 1.95. The van der Waals surface area contributed by atoms with Crippen molar-refractivity contribution >= 4 is 35.1 Å². The number of aromatic amines is 1. The standard InChI is InChI=1S/C10H10Cl2N2O4/c11-5-2-6(13-8(5)12)9(16)14-3-4(15)1-7(14)10(17)18/h2,4,7,13,15H,1,3H2,(H,17,18)/t4-,7-/m1/s1. The number of H-pyrrole nitrogens is 1. The Morgan fingerprint density at radius 3 is 2.61 bits per heavy atom. The number of hydrogen-bond acceptors (Lipinski definition) is 3. The van der Waals surface area contributed by atoms with Gasteiger partial charge in [-0.2, -0.15) is 0 Å². The summed E-state index contributed by atoms with van der Waals surface area (Å²) in [4.78, 5) is 26.7. The smallest absolute Gasteiger partial charge is 0.326 e. The molecule has 6 nitrogen and oxygen atoms in total. The average molecular weight is 293 g/mol. The molecule has 0 spiro atoms. The van der Waals surface area contributed by atoms with Gasteiger partial charge in [-0.15, -0.1) is 0 Å². The lowest BCUT2D eigenvalue weighted by Crippen LogP contribution is -2.40. The molecule has 18 heavy (non-hydrogen) atoms. The van der Waals surface area contributed by atoms with E-state index in [1.54, 1.807) is 0 Å². The highest BCUT2D eigenvalue weighted by molar-refractivity contribution is 6.41. The Kier molecular flexibility index (Phi) is 3.52. The molecule has 1 amide bonds. The lowest BCUT2D eigenvalue weighted by atomic mass is 10.2. The van der Waals surface area contributed by atoms with Crippen molar-refractivity contribution in [2.24, 2.45) is 0 Å². The Hall–Kier alpha value is -1.24. The van der Waals surface area contributed by atoms with E-state index in [4.69, 9.17) is 28.3 Å². The third-order valence-corrected chi connectivity index (χ3v) is 3.47. The molecule has 0 saturated carbocycles. The summed E-state index contributed by atoms with van der Waals surface area (Å²) in [5.74, 6) is -1.70. The molecule has 0 unspecified atom stereocenters. The fourth-order valence-corrected chi connectivity index (χ4v) is 2.26. The fraction of sp³-hybridized carbons (Fsp3) is 0.400. The maximum Gasteiger partial charge on any atom is 0.326 e. The molecule has 0 aromatic carbocycles. The van der Waals surface area contributed by atoms with Crippen molar-refractivity contribution < 1.29 is 19.8 Å². The minimum absolute atomic E-state index is 0.0171. The molecule has 0 aliphatic carbocycles. The van der Waals surface area contributed by atoms with Crippen molar-refractivity contribution in [1.82, 2.24) is 9.88 Å². The van der Waals surface area contributed by atoms with E-state index in [-0.39, 0.29) is 28.8 Å². The number of nitrogens with zero attached hydrogens (tertiary/aromatic N) is 1. The summed E-state index contributed by atoms with van der Waals surface area (Å²) < 4.78 is 0. The second kappa shape index (κ2) is 4.79. The molecule has 1 aliphatic rings. The van der Waals surface area contributed by atoms with Crippen LogP contribution in [0.15, 0.2) is 6.07 Å². The molecule has 1 aromatic heterocycles. The maximum atomic E-state index is 12.1. The zero-order valence-electron chi connectivity index (χ0n) is 9.06. The highest BCUT2D eigenvalue weighted by Crippen LogP contribution is 2.25. The van der Waals surface area contributed by atoms with Crippen LogP contribution in [0.3, 0.4) is 0 Å². The topological polar surface area (TPSA) is 93.6 Å². The molecule has 1 saturated heterocycles. The Bertz CT molecular complexity index is 483. The van der Waals surface area contributed by atoms with Crippen molar-refractivity contribution in [1.29, 1.82) is 0 Å². The molecule has 0 bridgehead atoms. The minimum Gasteiger partial charge on any atom is -0.480 e. The zero-order valence-corrected chi connectivity index (χ0v) is 10.6. The van der Waals surface area contributed by atoms with Gasteiger partial charge in [0.2, 0.25) is 0 Å². The maximum absolute atomic E-state index is 12.1. The number of aliphatic hydroxyl groups is 1. The van der Waals surface area contributed by atoms with Crippen LogP contribution in [0.2, 0.25) is 10.2 Å². The number of aromatic nitrogens is 1. The van der Waals surface area contributed by atoms with E-state index >= 15 is 0 Å². The van der Waals surface area contributed by atoms with Gasteiger partial charge >= 0.3 is 5.97 Å². The molecule has 3 N–H and O–H groups in total.